The van der Waals surface area contributed by atoms with E-state index in [0.29, 0.717) is 18.2 Å². The van der Waals surface area contributed by atoms with Crippen molar-refractivity contribution >= 4 is 10.8 Å². The molecule has 19 heavy (non-hydrogen) atoms. The fraction of sp³-hybridized carbons (Fsp3) is 0.438. The first-order chi connectivity index (χ1) is 9.40. The van der Waals surface area contributed by atoms with Crippen LogP contribution in [0, 0.1) is 0 Å². The van der Waals surface area contributed by atoms with Crippen LogP contribution in [0.4, 0.5) is 0 Å². The number of fused-ring (bicyclic) bond motifs is 3. The van der Waals surface area contributed by atoms with Crippen LogP contribution in [-0.4, -0.2) is 23.2 Å². The average molecular weight is 254 g/mol. The summed E-state index contributed by atoms with van der Waals surface area (Å²) in [7, 11) is 0. The Balaban J connectivity index is 1.52. The summed E-state index contributed by atoms with van der Waals surface area (Å²) in [6, 6.07) is 9.06. The van der Waals surface area contributed by atoms with Crippen molar-refractivity contribution in [2.24, 2.45) is 0 Å². The number of nitrogens with zero attached hydrogens (tertiary/aromatic N) is 1. The molecule has 98 valence electrons. The van der Waals surface area contributed by atoms with Gasteiger partial charge in [0.25, 0.3) is 0 Å². The molecule has 3 unspecified atom stereocenters. The first-order valence-corrected chi connectivity index (χ1v) is 7.10. The van der Waals surface area contributed by atoms with Gasteiger partial charge in [-0.2, -0.15) is 0 Å². The molecule has 0 aliphatic carbocycles. The van der Waals surface area contributed by atoms with Gasteiger partial charge in [-0.25, -0.2) is 0 Å². The van der Waals surface area contributed by atoms with E-state index in [2.05, 4.69) is 34.6 Å². The van der Waals surface area contributed by atoms with Gasteiger partial charge in [0.05, 0.1) is 12.2 Å². The Hall–Kier alpha value is -1.45. The minimum Gasteiger partial charge on any atom is -0.373 e. The van der Waals surface area contributed by atoms with E-state index < -0.39 is 0 Å². The highest BCUT2D eigenvalue weighted by Crippen LogP contribution is 2.34. The van der Waals surface area contributed by atoms with E-state index in [4.69, 9.17) is 4.74 Å². The van der Waals surface area contributed by atoms with Gasteiger partial charge in [-0.15, -0.1) is 0 Å². The maximum Gasteiger partial charge on any atom is 0.0733 e. The van der Waals surface area contributed by atoms with Crippen molar-refractivity contribution < 1.29 is 4.74 Å². The number of rotatable bonds is 3. The summed E-state index contributed by atoms with van der Waals surface area (Å²) in [4.78, 5) is 4.18. The highest BCUT2D eigenvalue weighted by Gasteiger charge is 2.40. The van der Waals surface area contributed by atoms with Crippen molar-refractivity contribution in [3.05, 3.63) is 42.2 Å². The van der Waals surface area contributed by atoms with Gasteiger partial charge < -0.3 is 10.1 Å². The van der Waals surface area contributed by atoms with Crippen LogP contribution < -0.4 is 5.32 Å². The topological polar surface area (TPSA) is 34.1 Å². The molecule has 0 radical (unpaired) electrons. The van der Waals surface area contributed by atoms with E-state index in [1.165, 1.54) is 35.6 Å². The van der Waals surface area contributed by atoms with Gasteiger partial charge in [0.15, 0.2) is 0 Å². The molecule has 2 saturated heterocycles. The number of pyridine rings is 1. The lowest BCUT2D eigenvalue weighted by atomic mass is 9.95. The molecule has 0 saturated carbocycles. The molecule has 1 aromatic carbocycles. The van der Waals surface area contributed by atoms with Crippen molar-refractivity contribution in [1.82, 2.24) is 10.3 Å². The molecule has 3 heteroatoms. The monoisotopic (exact) mass is 254 g/mol. The molecule has 0 amide bonds. The molecule has 2 aliphatic rings. The predicted molar refractivity (Wildman–Crippen MR) is 74.9 cm³/mol. The fourth-order valence-corrected chi connectivity index (χ4v) is 3.44. The SMILES string of the molecule is c1cc(CNC2CC3CCC2O3)c2ccncc2c1. The minimum atomic E-state index is 0.446. The summed E-state index contributed by atoms with van der Waals surface area (Å²) in [5.74, 6) is 0. The zero-order chi connectivity index (χ0) is 12.7. The molecule has 2 aromatic rings. The van der Waals surface area contributed by atoms with Crippen LogP contribution in [0.3, 0.4) is 0 Å². The molecule has 2 bridgehead atoms. The minimum absolute atomic E-state index is 0.446. The van der Waals surface area contributed by atoms with Crippen molar-refractivity contribution in [2.75, 3.05) is 0 Å². The molecular formula is C16H18N2O. The van der Waals surface area contributed by atoms with Crippen LogP contribution in [0.15, 0.2) is 36.7 Å². The Labute approximate surface area is 113 Å². The van der Waals surface area contributed by atoms with Crippen molar-refractivity contribution in [3.63, 3.8) is 0 Å². The number of aromatic nitrogens is 1. The lowest BCUT2D eigenvalue weighted by Crippen LogP contribution is -2.37. The summed E-state index contributed by atoms with van der Waals surface area (Å²) in [6.45, 7) is 0.915. The highest BCUT2D eigenvalue weighted by molar-refractivity contribution is 5.84. The molecular weight excluding hydrogens is 236 g/mol. The van der Waals surface area contributed by atoms with E-state index in [1.807, 2.05) is 12.4 Å². The maximum absolute atomic E-state index is 5.89. The summed E-state index contributed by atoms with van der Waals surface area (Å²) in [6.07, 6.45) is 8.41. The first kappa shape index (κ1) is 11.4. The number of ether oxygens (including phenoxy) is 1. The maximum atomic E-state index is 5.89. The third-order valence-electron chi connectivity index (χ3n) is 4.43. The number of hydrogen-bond donors (Lipinski definition) is 1. The second kappa shape index (κ2) is 4.58. The van der Waals surface area contributed by atoms with Gasteiger partial charge in [-0.1, -0.05) is 18.2 Å². The van der Waals surface area contributed by atoms with Gasteiger partial charge in [-0.05, 0) is 36.3 Å². The van der Waals surface area contributed by atoms with Crippen LogP contribution >= 0.6 is 0 Å². The van der Waals surface area contributed by atoms with Gasteiger partial charge in [0, 0.05) is 30.4 Å². The van der Waals surface area contributed by atoms with Crippen LogP contribution in [0.25, 0.3) is 10.8 Å². The second-order valence-corrected chi connectivity index (χ2v) is 5.61. The van der Waals surface area contributed by atoms with Crippen LogP contribution in [0.1, 0.15) is 24.8 Å². The van der Waals surface area contributed by atoms with E-state index >= 15 is 0 Å². The largest absolute Gasteiger partial charge is 0.373 e. The smallest absolute Gasteiger partial charge is 0.0733 e. The molecule has 4 rings (SSSR count). The lowest BCUT2D eigenvalue weighted by molar-refractivity contribution is 0.0973. The molecule has 3 atom stereocenters. The average Bonchev–Trinajstić information content (AvgIpc) is 3.07. The second-order valence-electron chi connectivity index (χ2n) is 5.61. The van der Waals surface area contributed by atoms with Crippen molar-refractivity contribution in [3.8, 4) is 0 Å². The van der Waals surface area contributed by atoms with Crippen molar-refractivity contribution in [1.29, 1.82) is 0 Å². The van der Waals surface area contributed by atoms with Crippen molar-refractivity contribution in [2.45, 2.75) is 44.1 Å². The molecule has 3 nitrogen and oxygen atoms in total. The van der Waals surface area contributed by atoms with E-state index in [-0.39, 0.29) is 0 Å². The standard InChI is InChI=1S/C16H18N2O/c1-2-11-9-17-7-6-14(11)12(3-1)10-18-15-8-13-4-5-16(15)19-13/h1-3,6-7,9,13,15-16,18H,4-5,8,10H2. The first-order valence-electron chi connectivity index (χ1n) is 7.10. The fourth-order valence-electron chi connectivity index (χ4n) is 3.44. The lowest BCUT2D eigenvalue weighted by Gasteiger charge is -2.20. The summed E-state index contributed by atoms with van der Waals surface area (Å²) in [5.41, 5.74) is 1.35. The molecule has 3 heterocycles. The van der Waals surface area contributed by atoms with E-state index in [1.54, 1.807) is 0 Å². The van der Waals surface area contributed by atoms with Gasteiger partial charge in [-0.3, -0.25) is 4.98 Å². The van der Waals surface area contributed by atoms with Crippen LogP contribution in [-0.2, 0) is 11.3 Å². The van der Waals surface area contributed by atoms with E-state index in [9.17, 15) is 0 Å². The Morgan fingerprint density at radius 2 is 2.26 bits per heavy atom. The Morgan fingerprint density at radius 3 is 3.11 bits per heavy atom. The normalized spacial score (nSPS) is 29.2. The third kappa shape index (κ3) is 2.03. The van der Waals surface area contributed by atoms with Gasteiger partial charge in [0.2, 0.25) is 0 Å². The van der Waals surface area contributed by atoms with Crippen LogP contribution in [0.5, 0.6) is 0 Å². The molecule has 2 fully saturated rings. The predicted octanol–water partition coefficient (Wildman–Crippen LogP) is 2.64. The number of hydrogen-bond acceptors (Lipinski definition) is 3. The molecule has 1 N–H and O–H groups in total. The quantitative estimate of drug-likeness (QED) is 0.914. The van der Waals surface area contributed by atoms with Crippen LogP contribution in [0.2, 0.25) is 0 Å². The number of benzene rings is 1. The Kier molecular flexibility index (Phi) is 2.75. The number of nitrogens with one attached hydrogen (secondary N) is 1. The summed E-state index contributed by atoms with van der Waals surface area (Å²) in [5, 5.41) is 6.19. The summed E-state index contributed by atoms with van der Waals surface area (Å²) < 4.78 is 5.89. The zero-order valence-corrected chi connectivity index (χ0v) is 10.9. The van der Waals surface area contributed by atoms with Gasteiger partial charge >= 0.3 is 0 Å². The third-order valence-corrected chi connectivity index (χ3v) is 4.43. The molecule has 1 aromatic heterocycles. The molecule has 2 aliphatic heterocycles. The Bertz CT molecular complexity index is 593. The van der Waals surface area contributed by atoms with Gasteiger partial charge in [0.1, 0.15) is 0 Å². The van der Waals surface area contributed by atoms with E-state index in [0.717, 1.165) is 6.54 Å². The molecule has 0 spiro atoms. The zero-order valence-electron chi connectivity index (χ0n) is 10.9. The Morgan fingerprint density at radius 1 is 1.26 bits per heavy atom. The summed E-state index contributed by atoms with van der Waals surface area (Å²) >= 11 is 0. The highest BCUT2D eigenvalue weighted by atomic mass is 16.5.